The van der Waals surface area contributed by atoms with Crippen molar-refractivity contribution in [1.29, 1.82) is 0 Å². The van der Waals surface area contributed by atoms with Gasteiger partial charge in [0.05, 0.1) is 21.7 Å². The fourth-order valence-corrected chi connectivity index (χ4v) is 3.37. The summed E-state index contributed by atoms with van der Waals surface area (Å²) in [5.41, 5.74) is -0.792. The molecule has 1 amide bonds. The number of rotatable bonds is 3. The van der Waals surface area contributed by atoms with Gasteiger partial charge in [-0.05, 0) is 42.1 Å². The Morgan fingerprint density at radius 2 is 2.07 bits per heavy atom. The predicted octanol–water partition coefficient (Wildman–Crippen LogP) is 4.03. The molecule has 6 nitrogen and oxygen atoms in total. The van der Waals surface area contributed by atoms with Crippen LogP contribution in [0, 0.1) is 0 Å². The number of pyridine rings is 1. The fourth-order valence-electron chi connectivity index (χ4n) is 2.39. The summed E-state index contributed by atoms with van der Waals surface area (Å²) >= 11 is 0.895. The molecule has 1 aromatic carbocycles. The Hall–Kier alpha value is -3.14. The Morgan fingerprint density at radius 1 is 1.32 bits per heavy atom. The van der Waals surface area contributed by atoms with Crippen molar-refractivity contribution in [2.75, 3.05) is 7.05 Å². The third kappa shape index (κ3) is 4.06. The number of halogens is 3. The standard InChI is InChI=1S/C18H12F3N3O3S/c1-24-15(25)14(8-11-9-22-6-5-13(11)18(19,20)21)28-17(24)23-12-4-2-3-10(7-12)16(26)27/h2-9H,1H3,(H,26,27)/b14-8-,23-17?. The topological polar surface area (TPSA) is 82.9 Å². The molecule has 0 saturated carbocycles. The summed E-state index contributed by atoms with van der Waals surface area (Å²) in [7, 11) is 1.43. The van der Waals surface area contributed by atoms with E-state index in [0.29, 0.717) is 5.69 Å². The van der Waals surface area contributed by atoms with Crippen LogP contribution in [-0.4, -0.2) is 39.1 Å². The molecule has 144 valence electrons. The van der Waals surface area contributed by atoms with E-state index in [-0.39, 0.29) is 21.2 Å². The number of amides is 1. The molecule has 1 N–H and O–H groups in total. The lowest BCUT2D eigenvalue weighted by Gasteiger charge is -2.09. The van der Waals surface area contributed by atoms with Crippen molar-refractivity contribution >= 4 is 40.6 Å². The average Bonchev–Trinajstić information content (AvgIpc) is 2.89. The summed E-state index contributed by atoms with van der Waals surface area (Å²) in [4.78, 5) is 32.6. The van der Waals surface area contributed by atoms with E-state index in [9.17, 15) is 22.8 Å². The summed E-state index contributed by atoms with van der Waals surface area (Å²) in [5.74, 6) is -1.64. The zero-order valence-corrected chi connectivity index (χ0v) is 15.1. The molecule has 3 rings (SSSR count). The SMILES string of the molecule is CN1C(=O)/C(=C/c2cnccc2C(F)(F)F)SC1=Nc1cccc(C(=O)O)c1. The van der Waals surface area contributed by atoms with Gasteiger partial charge >= 0.3 is 12.1 Å². The highest BCUT2D eigenvalue weighted by Gasteiger charge is 2.35. The number of nitrogens with zero attached hydrogens (tertiary/aromatic N) is 3. The number of likely N-dealkylation sites (N-methyl/N-ethyl adjacent to an activating group) is 1. The van der Waals surface area contributed by atoms with Crippen molar-refractivity contribution in [3.8, 4) is 0 Å². The molecule has 0 radical (unpaired) electrons. The molecule has 0 atom stereocenters. The summed E-state index contributed by atoms with van der Waals surface area (Å²) in [5, 5.41) is 9.26. The van der Waals surface area contributed by atoms with Gasteiger partial charge < -0.3 is 5.11 Å². The normalized spacial score (nSPS) is 17.6. The van der Waals surface area contributed by atoms with Gasteiger partial charge in [0.15, 0.2) is 5.17 Å². The summed E-state index contributed by atoms with van der Waals surface area (Å²) in [6.07, 6.45) is -1.39. The van der Waals surface area contributed by atoms with Crippen LogP contribution in [0.3, 0.4) is 0 Å². The van der Waals surface area contributed by atoms with Gasteiger partial charge in [0, 0.05) is 25.0 Å². The van der Waals surface area contributed by atoms with Crippen LogP contribution in [0.1, 0.15) is 21.5 Å². The highest BCUT2D eigenvalue weighted by atomic mass is 32.2. The van der Waals surface area contributed by atoms with E-state index in [1.807, 2.05) is 0 Å². The van der Waals surface area contributed by atoms with Crippen molar-refractivity contribution < 1.29 is 27.9 Å². The van der Waals surface area contributed by atoms with Crippen LogP contribution in [0.5, 0.6) is 0 Å². The molecule has 0 spiro atoms. The van der Waals surface area contributed by atoms with Crippen LogP contribution in [-0.2, 0) is 11.0 Å². The van der Waals surface area contributed by atoms with Crippen molar-refractivity contribution in [1.82, 2.24) is 9.88 Å². The van der Waals surface area contributed by atoms with Crippen LogP contribution in [0.4, 0.5) is 18.9 Å². The number of aromatic nitrogens is 1. The first kappa shape index (κ1) is 19.6. The number of aliphatic imine (C=N–C) groups is 1. The van der Waals surface area contributed by atoms with E-state index in [0.717, 1.165) is 36.3 Å². The van der Waals surface area contributed by atoms with E-state index < -0.39 is 23.6 Å². The van der Waals surface area contributed by atoms with Crippen molar-refractivity contribution in [3.63, 3.8) is 0 Å². The van der Waals surface area contributed by atoms with Gasteiger partial charge in [-0.2, -0.15) is 13.2 Å². The number of amidine groups is 1. The van der Waals surface area contributed by atoms with Gasteiger partial charge in [-0.25, -0.2) is 9.79 Å². The fraction of sp³-hybridized carbons (Fsp3) is 0.111. The zero-order valence-electron chi connectivity index (χ0n) is 14.3. The van der Waals surface area contributed by atoms with Crippen molar-refractivity contribution in [3.05, 3.63) is 64.3 Å². The smallest absolute Gasteiger partial charge is 0.417 e. The van der Waals surface area contributed by atoms with Crippen LogP contribution in [0.2, 0.25) is 0 Å². The largest absolute Gasteiger partial charge is 0.478 e. The van der Waals surface area contributed by atoms with Crippen LogP contribution < -0.4 is 0 Å². The van der Waals surface area contributed by atoms with E-state index in [2.05, 4.69) is 9.98 Å². The second kappa shape index (κ2) is 7.47. The first-order valence-corrected chi connectivity index (χ1v) is 8.59. The van der Waals surface area contributed by atoms with E-state index in [1.54, 1.807) is 6.07 Å². The number of thioether (sulfide) groups is 1. The minimum absolute atomic E-state index is 0.0276. The lowest BCUT2D eigenvalue weighted by Crippen LogP contribution is -2.23. The Morgan fingerprint density at radius 3 is 2.75 bits per heavy atom. The summed E-state index contributed by atoms with van der Waals surface area (Å²) < 4.78 is 39.4. The van der Waals surface area contributed by atoms with Gasteiger partial charge in [-0.1, -0.05) is 6.07 Å². The maximum atomic E-state index is 13.1. The molecule has 1 aliphatic rings. The number of carboxylic acids is 1. The maximum absolute atomic E-state index is 13.1. The van der Waals surface area contributed by atoms with Gasteiger partial charge in [0.1, 0.15) is 0 Å². The molecule has 1 fully saturated rings. The molecule has 1 aromatic heterocycles. The van der Waals surface area contributed by atoms with E-state index in [1.165, 1.54) is 30.1 Å². The van der Waals surface area contributed by atoms with Crippen LogP contribution in [0.15, 0.2) is 52.6 Å². The number of hydrogen-bond donors (Lipinski definition) is 1. The molecule has 1 saturated heterocycles. The highest BCUT2D eigenvalue weighted by molar-refractivity contribution is 8.18. The Kier molecular flexibility index (Phi) is 5.23. The molecule has 0 bridgehead atoms. The number of aromatic carboxylic acids is 1. The molecular formula is C18H12F3N3O3S. The quantitative estimate of drug-likeness (QED) is 0.777. The first-order valence-electron chi connectivity index (χ1n) is 7.77. The van der Waals surface area contributed by atoms with Crippen molar-refractivity contribution in [2.24, 2.45) is 4.99 Å². The molecule has 28 heavy (non-hydrogen) atoms. The third-order valence-corrected chi connectivity index (χ3v) is 4.83. The Labute approximate surface area is 161 Å². The monoisotopic (exact) mass is 407 g/mol. The van der Waals surface area contributed by atoms with Gasteiger partial charge in [-0.3, -0.25) is 14.7 Å². The first-order chi connectivity index (χ1) is 13.2. The number of alkyl halides is 3. The Balaban J connectivity index is 1.96. The average molecular weight is 407 g/mol. The maximum Gasteiger partial charge on any atom is 0.417 e. The minimum atomic E-state index is -4.58. The Bertz CT molecular complexity index is 1020. The number of benzene rings is 1. The van der Waals surface area contributed by atoms with E-state index in [4.69, 9.17) is 5.11 Å². The molecule has 0 unspecified atom stereocenters. The van der Waals surface area contributed by atoms with E-state index >= 15 is 0 Å². The van der Waals surface area contributed by atoms with Crippen molar-refractivity contribution in [2.45, 2.75) is 6.18 Å². The van der Waals surface area contributed by atoms with Crippen LogP contribution in [0.25, 0.3) is 6.08 Å². The summed E-state index contributed by atoms with van der Waals surface area (Å²) in [6.45, 7) is 0. The lowest BCUT2D eigenvalue weighted by atomic mass is 10.1. The minimum Gasteiger partial charge on any atom is -0.478 e. The highest BCUT2D eigenvalue weighted by Crippen LogP contribution is 2.36. The molecule has 10 heteroatoms. The molecule has 0 aliphatic carbocycles. The van der Waals surface area contributed by atoms with Gasteiger partial charge in [-0.15, -0.1) is 0 Å². The zero-order chi connectivity index (χ0) is 20.5. The second-order valence-corrected chi connectivity index (χ2v) is 6.69. The molecular weight excluding hydrogens is 395 g/mol. The number of carbonyl (C=O) groups excluding carboxylic acids is 1. The number of hydrogen-bond acceptors (Lipinski definition) is 5. The van der Waals surface area contributed by atoms with Gasteiger partial charge in [0.2, 0.25) is 0 Å². The number of carboxylic acid groups (broad SMARTS) is 1. The van der Waals surface area contributed by atoms with Gasteiger partial charge in [0.25, 0.3) is 5.91 Å². The molecule has 1 aliphatic heterocycles. The number of carbonyl (C=O) groups is 2. The third-order valence-electron chi connectivity index (χ3n) is 3.77. The molecule has 2 aromatic rings. The lowest BCUT2D eigenvalue weighted by molar-refractivity contribution is -0.137. The molecule has 2 heterocycles. The summed E-state index contributed by atoms with van der Waals surface area (Å²) in [6, 6.07) is 6.63. The second-order valence-electron chi connectivity index (χ2n) is 5.69. The van der Waals surface area contributed by atoms with Crippen LogP contribution >= 0.6 is 11.8 Å². The predicted molar refractivity (Wildman–Crippen MR) is 98.1 cm³/mol.